The van der Waals surface area contributed by atoms with Gasteiger partial charge in [-0.25, -0.2) is 0 Å². The first-order valence-corrected chi connectivity index (χ1v) is 8.40. The Bertz CT molecular complexity index is 608. The number of hydrogen-bond acceptors (Lipinski definition) is 4. The number of hydrogen-bond donors (Lipinski definition) is 1. The van der Waals surface area contributed by atoms with E-state index in [4.69, 9.17) is 9.47 Å². The van der Waals surface area contributed by atoms with Gasteiger partial charge in [-0.1, -0.05) is 6.07 Å². The van der Waals surface area contributed by atoms with Crippen LogP contribution < -0.4 is 5.32 Å². The SMILES string of the molecule is Cc1cc(C)cc(NC(=O)CC(=O)N2CCC3(CC2)OCCO3)c1. The number of aryl methyl sites for hydroxylation is 2. The van der Waals surface area contributed by atoms with Crippen LogP contribution in [0.15, 0.2) is 18.2 Å². The number of piperidine rings is 1. The highest BCUT2D eigenvalue weighted by Crippen LogP contribution is 2.31. The van der Waals surface area contributed by atoms with E-state index in [0.29, 0.717) is 39.1 Å². The second kappa shape index (κ2) is 6.91. The van der Waals surface area contributed by atoms with Gasteiger partial charge < -0.3 is 19.7 Å². The van der Waals surface area contributed by atoms with E-state index in [1.165, 1.54) is 0 Å². The fourth-order valence-corrected chi connectivity index (χ4v) is 3.38. The summed E-state index contributed by atoms with van der Waals surface area (Å²) in [6.45, 7) is 6.32. The largest absolute Gasteiger partial charge is 0.347 e. The number of nitrogens with one attached hydrogen (secondary N) is 1. The fraction of sp³-hybridized carbons (Fsp3) is 0.556. The highest BCUT2D eigenvalue weighted by atomic mass is 16.7. The van der Waals surface area contributed by atoms with Crippen LogP contribution in [0.2, 0.25) is 0 Å². The Morgan fingerprint density at radius 2 is 1.67 bits per heavy atom. The van der Waals surface area contributed by atoms with E-state index in [-0.39, 0.29) is 18.2 Å². The summed E-state index contributed by atoms with van der Waals surface area (Å²) in [6.07, 6.45) is 1.19. The second-order valence-electron chi connectivity index (χ2n) is 6.59. The molecule has 2 amide bonds. The average Bonchev–Trinajstić information content (AvgIpc) is 2.94. The minimum absolute atomic E-state index is 0.137. The number of rotatable bonds is 3. The standard InChI is InChI=1S/C18H24N2O4/c1-13-9-14(2)11-15(10-13)19-16(21)12-17(22)20-5-3-18(4-6-20)23-7-8-24-18/h9-11H,3-8,12H2,1-2H3,(H,19,21). The maximum atomic E-state index is 12.3. The Hall–Kier alpha value is -1.92. The zero-order chi connectivity index (χ0) is 17.2. The van der Waals surface area contributed by atoms with Gasteiger partial charge in [-0.3, -0.25) is 9.59 Å². The smallest absolute Gasteiger partial charge is 0.233 e. The minimum atomic E-state index is -0.502. The number of benzene rings is 1. The molecule has 0 saturated carbocycles. The third-order valence-corrected chi connectivity index (χ3v) is 4.51. The van der Waals surface area contributed by atoms with Gasteiger partial charge >= 0.3 is 0 Å². The lowest BCUT2D eigenvalue weighted by molar-refractivity contribution is -0.187. The van der Waals surface area contributed by atoms with Crippen molar-refractivity contribution in [2.75, 3.05) is 31.6 Å². The van der Waals surface area contributed by atoms with Crippen LogP contribution in [0.5, 0.6) is 0 Å². The van der Waals surface area contributed by atoms with Gasteiger partial charge in [0.05, 0.1) is 13.2 Å². The maximum Gasteiger partial charge on any atom is 0.233 e. The van der Waals surface area contributed by atoms with Crippen molar-refractivity contribution in [1.29, 1.82) is 0 Å². The average molecular weight is 332 g/mol. The van der Waals surface area contributed by atoms with Crippen molar-refractivity contribution in [3.63, 3.8) is 0 Å². The van der Waals surface area contributed by atoms with E-state index in [0.717, 1.165) is 16.8 Å². The van der Waals surface area contributed by atoms with E-state index in [2.05, 4.69) is 5.32 Å². The predicted molar refractivity (Wildman–Crippen MR) is 89.6 cm³/mol. The molecule has 2 aliphatic rings. The quantitative estimate of drug-likeness (QED) is 0.860. The van der Waals surface area contributed by atoms with Gasteiger partial charge in [0.25, 0.3) is 0 Å². The van der Waals surface area contributed by atoms with Gasteiger partial charge in [-0.15, -0.1) is 0 Å². The zero-order valence-electron chi connectivity index (χ0n) is 14.3. The summed E-state index contributed by atoms with van der Waals surface area (Å²) in [7, 11) is 0. The van der Waals surface area contributed by atoms with Crippen LogP contribution in [0.25, 0.3) is 0 Å². The Kier molecular flexibility index (Phi) is 4.87. The Morgan fingerprint density at radius 3 is 2.25 bits per heavy atom. The maximum absolute atomic E-state index is 12.3. The lowest BCUT2D eigenvalue weighted by Gasteiger charge is -2.37. The van der Waals surface area contributed by atoms with Gasteiger partial charge in [0.2, 0.25) is 11.8 Å². The van der Waals surface area contributed by atoms with Crippen molar-refractivity contribution in [2.45, 2.75) is 38.9 Å². The van der Waals surface area contributed by atoms with Gasteiger partial charge in [0, 0.05) is 31.6 Å². The van der Waals surface area contributed by atoms with Crippen molar-refractivity contribution in [3.8, 4) is 0 Å². The second-order valence-corrected chi connectivity index (χ2v) is 6.59. The number of nitrogens with zero attached hydrogens (tertiary/aromatic N) is 1. The number of amides is 2. The topological polar surface area (TPSA) is 67.9 Å². The summed E-state index contributed by atoms with van der Waals surface area (Å²) < 4.78 is 11.3. The summed E-state index contributed by atoms with van der Waals surface area (Å²) in [6, 6.07) is 5.83. The van der Waals surface area contributed by atoms with Crippen LogP contribution in [0.1, 0.15) is 30.4 Å². The van der Waals surface area contributed by atoms with Crippen molar-refractivity contribution in [2.24, 2.45) is 0 Å². The molecule has 0 unspecified atom stereocenters. The van der Waals surface area contributed by atoms with Crippen LogP contribution in [-0.4, -0.2) is 48.8 Å². The Morgan fingerprint density at radius 1 is 1.08 bits per heavy atom. The third-order valence-electron chi connectivity index (χ3n) is 4.51. The molecule has 1 spiro atoms. The molecule has 6 heteroatoms. The van der Waals surface area contributed by atoms with Gasteiger partial charge in [-0.2, -0.15) is 0 Å². The zero-order valence-corrected chi connectivity index (χ0v) is 14.3. The van der Waals surface area contributed by atoms with Gasteiger partial charge in [-0.05, 0) is 37.1 Å². The molecule has 0 aromatic heterocycles. The number of anilines is 1. The summed E-state index contributed by atoms with van der Waals surface area (Å²) in [5.41, 5.74) is 2.89. The molecule has 6 nitrogen and oxygen atoms in total. The molecule has 2 saturated heterocycles. The van der Waals surface area contributed by atoms with Crippen LogP contribution in [-0.2, 0) is 19.1 Å². The molecule has 2 aliphatic heterocycles. The van der Waals surface area contributed by atoms with E-state index >= 15 is 0 Å². The molecule has 130 valence electrons. The molecule has 0 aliphatic carbocycles. The molecule has 0 bridgehead atoms. The minimum Gasteiger partial charge on any atom is -0.347 e. The molecule has 2 fully saturated rings. The molecule has 0 atom stereocenters. The van der Waals surface area contributed by atoms with Crippen molar-refractivity contribution < 1.29 is 19.1 Å². The van der Waals surface area contributed by atoms with Crippen LogP contribution >= 0.6 is 0 Å². The first-order valence-electron chi connectivity index (χ1n) is 8.40. The molecular formula is C18H24N2O4. The van der Waals surface area contributed by atoms with E-state index in [1.807, 2.05) is 32.0 Å². The fourth-order valence-electron chi connectivity index (χ4n) is 3.38. The molecule has 2 heterocycles. The molecule has 3 rings (SSSR count). The van der Waals surface area contributed by atoms with E-state index < -0.39 is 5.79 Å². The van der Waals surface area contributed by atoms with Crippen LogP contribution in [0, 0.1) is 13.8 Å². The predicted octanol–water partition coefficient (Wildman–Crippen LogP) is 2.00. The summed E-state index contributed by atoms with van der Waals surface area (Å²) in [5, 5.41) is 2.81. The van der Waals surface area contributed by atoms with Gasteiger partial charge in [0.15, 0.2) is 5.79 Å². The van der Waals surface area contributed by atoms with Crippen molar-refractivity contribution in [1.82, 2.24) is 4.90 Å². The normalized spacial score (nSPS) is 19.5. The first-order chi connectivity index (χ1) is 11.5. The summed E-state index contributed by atoms with van der Waals surface area (Å²) in [5.74, 6) is -0.929. The van der Waals surface area contributed by atoms with E-state index in [1.54, 1.807) is 4.90 Å². The van der Waals surface area contributed by atoms with Crippen LogP contribution in [0.3, 0.4) is 0 Å². The van der Waals surface area contributed by atoms with Crippen molar-refractivity contribution in [3.05, 3.63) is 29.3 Å². The number of carbonyl (C=O) groups is 2. The van der Waals surface area contributed by atoms with E-state index in [9.17, 15) is 9.59 Å². The molecule has 0 radical (unpaired) electrons. The molecule has 1 N–H and O–H groups in total. The highest BCUT2D eigenvalue weighted by molar-refractivity contribution is 6.03. The Balaban J connectivity index is 1.50. The molecule has 1 aromatic carbocycles. The molecule has 1 aromatic rings. The van der Waals surface area contributed by atoms with Gasteiger partial charge in [0.1, 0.15) is 6.42 Å². The summed E-state index contributed by atoms with van der Waals surface area (Å²) >= 11 is 0. The Labute approximate surface area is 142 Å². The van der Waals surface area contributed by atoms with Crippen molar-refractivity contribution >= 4 is 17.5 Å². The lowest BCUT2D eigenvalue weighted by Crippen LogP contribution is -2.47. The number of ether oxygens (including phenoxy) is 2. The summed E-state index contributed by atoms with van der Waals surface area (Å²) in [4.78, 5) is 26.2. The first kappa shape index (κ1) is 16.9. The number of carbonyl (C=O) groups excluding carboxylic acids is 2. The lowest BCUT2D eigenvalue weighted by atomic mass is 10.0. The third kappa shape index (κ3) is 3.94. The monoisotopic (exact) mass is 332 g/mol. The van der Waals surface area contributed by atoms with Crippen LogP contribution in [0.4, 0.5) is 5.69 Å². The highest BCUT2D eigenvalue weighted by Gasteiger charge is 2.40. The molecular weight excluding hydrogens is 308 g/mol. The molecule has 24 heavy (non-hydrogen) atoms. The number of likely N-dealkylation sites (tertiary alicyclic amines) is 1.